The molecule has 0 aliphatic rings. The molecular weight excluding hydrogens is 280 g/mol. The lowest BCUT2D eigenvalue weighted by Crippen LogP contribution is -2.44. The van der Waals surface area contributed by atoms with E-state index in [4.69, 9.17) is 15.0 Å². The van der Waals surface area contributed by atoms with Crippen LogP contribution in [0.1, 0.15) is 12.0 Å². The zero-order valence-electron chi connectivity index (χ0n) is 11.2. The number of ether oxygens (including phenoxy) is 1. The standard InChI is InChI=1S/C13H20N2O4S/c14-12(13(16)15-7-4-8-20(17)18)10-19-9-11-5-2-1-3-6-11/h1-3,5-6,12H,4,7-10,14H2,(H,15,16)(H,17,18)/t12-/m0/s1. The van der Waals surface area contributed by atoms with E-state index in [9.17, 15) is 9.00 Å². The number of rotatable bonds is 9. The average molecular weight is 300 g/mol. The minimum atomic E-state index is -1.82. The molecule has 1 aromatic carbocycles. The van der Waals surface area contributed by atoms with Crippen molar-refractivity contribution in [3.63, 3.8) is 0 Å². The molecule has 1 rings (SSSR count). The Hall–Kier alpha value is -1.28. The van der Waals surface area contributed by atoms with Crippen LogP contribution >= 0.6 is 0 Å². The van der Waals surface area contributed by atoms with Crippen LogP contribution in [0, 0.1) is 0 Å². The van der Waals surface area contributed by atoms with Crippen LogP contribution in [0.5, 0.6) is 0 Å². The van der Waals surface area contributed by atoms with Crippen LogP contribution in [0.25, 0.3) is 0 Å². The summed E-state index contributed by atoms with van der Waals surface area (Å²) >= 11 is -1.82. The zero-order valence-corrected chi connectivity index (χ0v) is 12.0. The fourth-order valence-electron chi connectivity index (χ4n) is 1.49. The van der Waals surface area contributed by atoms with E-state index in [-0.39, 0.29) is 18.3 Å². The van der Waals surface area contributed by atoms with Crippen molar-refractivity contribution in [3.8, 4) is 0 Å². The first-order valence-electron chi connectivity index (χ1n) is 6.32. The van der Waals surface area contributed by atoms with Gasteiger partial charge in [0, 0.05) is 6.54 Å². The van der Waals surface area contributed by atoms with Crippen LogP contribution in [0.15, 0.2) is 30.3 Å². The summed E-state index contributed by atoms with van der Waals surface area (Å²) in [6.07, 6.45) is 0.437. The smallest absolute Gasteiger partial charge is 0.239 e. The maximum atomic E-state index is 11.6. The highest BCUT2D eigenvalue weighted by atomic mass is 32.2. The lowest BCUT2D eigenvalue weighted by Gasteiger charge is -2.12. The van der Waals surface area contributed by atoms with Crippen LogP contribution in [0.4, 0.5) is 0 Å². The minimum Gasteiger partial charge on any atom is -0.375 e. The third kappa shape index (κ3) is 7.34. The number of hydrogen-bond donors (Lipinski definition) is 3. The van der Waals surface area contributed by atoms with Gasteiger partial charge >= 0.3 is 0 Å². The minimum absolute atomic E-state index is 0.132. The van der Waals surface area contributed by atoms with Crippen LogP contribution in [0.3, 0.4) is 0 Å². The van der Waals surface area contributed by atoms with E-state index in [1.165, 1.54) is 0 Å². The molecule has 0 saturated heterocycles. The highest BCUT2D eigenvalue weighted by Crippen LogP contribution is 2.00. The summed E-state index contributed by atoms with van der Waals surface area (Å²) in [5, 5.41) is 2.60. The Morgan fingerprint density at radius 3 is 2.75 bits per heavy atom. The Morgan fingerprint density at radius 2 is 2.10 bits per heavy atom. The highest BCUT2D eigenvalue weighted by molar-refractivity contribution is 7.79. The van der Waals surface area contributed by atoms with Gasteiger partial charge in [0.15, 0.2) is 11.1 Å². The van der Waals surface area contributed by atoms with Crippen molar-refractivity contribution in [2.24, 2.45) is 5.73 Å². The number of nitrogens with one attached hydrogen (secondary N) is 1. The molecule has 1 amide bonds. The molecule has 0 saturated carbocycles. The molecule has 1 unspecified atom stereocenters. The summed E-state index contributed by atoms with van der Waals surface area (Å²) < 4.78 is 24.3. The molecule has 1 aromatic rings. The van der Waals surface area contributed by atoms with Crippen molar-refractivity contribution in [2.75, 3.05) is 18.9 Å². The Labute approximate surface area is 121 Å². The van der Waals surface area contributed by atoms with Gasteiger partial charge in [-0.15, -0.1) is 0 Å². The van der Waals surface area contributed by atoms with Gasteiger partial charge in [-0.2, -0.15) is 0 Å². The Kier molecular flexibility index (Phi) is 8.05. The fraction of sp³-hybridized carbons (Fsp3) is 0.462. The van der Waals surface area contributed by atoms with E-state index in [1.807, 2.05) is 30.3 Å². The maximum absolute atomic E-state index is 11.6. The first-order valence-corrected chi connectivity index (χ1v) is 7.59. The topological polar surface area (TPSA) is 102 Å². The highest BCUT2D eigenvalue weighted by Gasteiger charge is 2.12. The van der Waals surface area contributed by atoms with Gasteiger partial charge in [0.2, 0.25) is 5.91 Å². The molecule has 2 atom stereocenters. The molecule has 0 aromatic heterocycles. The van der Waals surface area contributed by atoms with Gasteiger partial charge in [0.05, 0.1) is 19.0 Å². The van der Waals surface area contributed by atoms with Crippen molar-refractivity contribution in [1.29, 1.82) is 0 Å². The van der Waals surface area contributed by atoms with E-state index in [0.717, 1.165) is 5.56 Å². The van der Waals surface area contributed by atoms with Gasteiger partial charge in [0.1, 0.15) is 6.04 Å². The van der Waals surface area contributed by atoms with Crippen LogP contribution in [-0.4, -0.2) is 39.6 Å². The largest absolute Gasteiger partial charge is 0.375 e. The SMILES string of the molecule is N[C@@H](COCc1ccccc1)C(=O)NCCCS(=O)O. The Morgan fingerprint density at radius 1 is 1.40 bits per heavy atom. The Bertz CT molecular complexity index is 428. The number of benzene rings is 1. The first-order chi connectivity index (χ1) is 9.59. The predicted molar refractivity (Wildman–Crippen MR) is 77.3 cm³/mol. The van der Waals surface area contributed by atoms with Crippen molar-refractivity contribution in [2.45, 2.75) is 19.1 Å². The summed E-state index contributed by atoms with van der Waals surface area (Å²) in [5.41, 5.74) is 6.70. The van der Waals surface area contributed by atoms with Gasteiger partial charge in [-0.25, -0.2) is 4.21 Å². The van der Waals surface area contributed by atoms with E-state index < -0.39 is 17.1 Å². The molecule has 0 spiro atoms. The molecule has 112 valence electrons. The molecule has 0 fully saturated rings. The van der Waals surface area contributed by atoms with Gasteiger partial charge in [0.25, 0.3) is 0 Å². The van der Waals surface area contributed by atoms with E-state index >= 15 is 0 Å². The second-order valence-corrected chi connectivity index (χ2v) is 5.33. The zero-order chi connectivity index (χ0) is 14.8. The summed E-state index contributed by atoms with van der Waals surface area (Å²) in [6.45, 7) is 0.871. The molecule has 0 aliphatic heterocycles. The van der Waals surface area contributed by atoms with Crippen LogP contribution in [0.2, 0.25) is 0 Å². The average Bonchev–Trinajstić information content (AvgIpc) is 2.44. The normalized spacial score (nSPS) is 13.7. The Balaban J connectivity index is 2.13. The third-order valence-electron chi connectivity index (χ3n) is 2.54. The van der Waals surface area contributed by atoms with Gasteiger partial charge in [-0.1, -0.05) is 30.3 Å². The number of hydrogen-bond acceptors (Lipinski definition) is 4. The third-order valence-corrected chi connectivity index (χ3v) is 3.18. The molecule has 0 bridgehead atoms. The molecular formula is C13H20N2O4S. The van der Waals surface area contributed by atoms with Gasteiger partial charge in [-0.3, -0.25) is 4.79 Å². The summed E-state index contributed by atoms with van der Waals surface area (Å²) in [6, 6.07) is 8.87. The second-order valence-electron chi connectivity index (χ2n) is 4.28. The molecule has 6 nitrogen and oxygen atoms in total. The monoisotopic (exact) mass is 300 g/mol. The van der Waals surface area contributed by atoms with E-state index in [1.54, 1.807) is 0 Å². The lowest BCUT2D eigenvalue weighted by molar-refractivity contribution is -0.123. The fourth-order valence-corrected chi connectivity index (χ4v) is 1.88. The number of nitrogens with two attached hydrogens (primary N) is 1. The van der Waals surface area contributed by atoms with Gasteiger partial charge < -0.3 is 20.3 Å². The second kappa shape index (κ2) is 9.60. The first kappa shape index (κ1) is 16.8. The summed E-state index contributed by atoms with van der Waals surface area (Å²) in [7, 11) is 0. The molecule has 20 heavy (non-hydrogen) atoms. The van der Waals surface area contributed by atoms with Crippen molar-refractivity contribution >= 4 is 17.0 Å². The molecule has 7 heteroatoms. The molecule has 0 aliphatic carbocycles. The van der Waals surface area contributed by atoms with Crippen molar-refractivity contribution in [3.05, 3.63) is 35.9 Å². The molecule has 4 N–H and O–H groups in total. The lowest BCUT2D eigenvalue weighted by atomic mass is 10.2. The molecule has 0 radical (unpaired) electrons. The number of carbonyl (C=O) groups excluding carboxylic acids is 1. The van der Waals surface area contributed by atoms with Gasteiger partial charge in [-0.05, 0) is 12.0 Å². The number of amides is 1. The predicted octanol–water partition coefficient (Wildman–Crippen LogP) is 0.258. The van der Waals surface area contributed by atoms with Crippen LogP contribution < -0.4 is 11.1 Å². The maximum Gasteiger partial charge on any atom is 0.239 e. The number of carbonyl (C=O) groups is 1. The summed E-state index contributed by atoms with van der Waals surface area (Å²) in [5.74, 6) is -0.179. The van der Waals surface area contributed by atoms with E-state index in [2.05, 4.69) is 5.32 Å². The van der Waals surface area contributed by atoms with E-state index in [0.29, 0.717) is 19.6 Å². The quantitative estimate of drug-likeness (QED) is 0.448. The molecule has 0 heterocycles. The summed E-state index contributed by atoms with van der Waals surface area (Å²) in [4.78, 5) is 11.6. The van der Waals surface area contributed by atoms with Crippen molar-refractivity contribution in [1.82, 2.24) is 5.32 Å². The van der Waals surface area contributed by atoms with Crippen LogP contribution in [-0.2, 0) is 27.2 Å². The van der Waals surface area contributed by atoms with Crippen molar-refractivity contribution < 1.29 is 18.3 Å².